The van der Waals surface area contributed by atoms with Crippen molar-refractivity contribution in [1.29, 1.82) is 0 Å². The Balaban J connectivity index is 2.51. The molecule has 0 aliphatic rings. The van der Waals surface area contributed by atoms with Gasteiger partial charge in [0.2, 0.25) is 11.8 Å². The number of halogens is 1. The average Bonchev–Trinajstić information content (AvgIpc) is 2.50. The number of rotatable bonds is 8. The van der Waals surface area contributed by atoms with E-state index < -0.39 is 0 Å². The molecular formula is C16H24ClN3O3. The van der Waals surface area contributed by atoms with E-state index in [9.17, 15) is 9.59 Å². The Kier molecular flexibility index (Phi) is 7.85. The van der Waals surface area contributed by atoms with Crippen molar-refractivity contribution >= 4 is 29.1 Å². The quantitative estimate of drug-likeness (QED) is 0.675. The third-order valence-electron chi connectivity index (χ3n) is 3.36. The number of carbonyl (C=O) groups is 2. The second-order valence-electron chi connectivity index (χ2n) is 5.35. The summed E-state index contributed by atoms with van der Waals surface area (Å²) in [6, 6.07) is 3.42. The van der Waals surface area contributed by atoms with Gasteiger partial charge in [0.1, 0.15) is 5.75 Å². The van der Waals surface area contributed by atoms with Crippen molar-refractivity contribution in [2.24, 2.45) is 5.92 Å². The largest absolute Gasteiger partial charge is 0.495 e. The summed E-state index contributed by atoms with van der Waals surface area (Å²) in [7, 11) is 3.30. The number of hydrogen-bond acceptors (Lipinski definition) is 4. The van der Waals surface area contributed by atoms with Crippen LogP contribution in [0, 0.1) is 12.8 Å². The van der Waals surface area contributed by atoms with E-state index in [1.807, 2.05) is 13.8 Å². The molecule has 6 nitrogen and oxygen atoms in total. The summed E-state index contributed by atoms with van der Waals surface area (Å²) in [5.74, 6) is 0.0846. The highest BCUT2D eigenvalue weighted by Crippen LogP contribution is 2.30. The Hall–Kier alpha value is -1.79. The molecule has 0 spiro atoms. The summed E-state index contributed by atoms with van der Waals surface area (Å²) in [5.41, 5.74) is 1.41. The van der Waals surface area contributed by atoms with E-state index in [1.54, 1.807) is 19.2 Å². The zero-order valence-electron chi connectivity index (χ0n) is 14.0. The Morgan fingerprint density at radius 2 is 2.04 bits per heavy atom. The van der Waals surface area contributed by atoms with E-state index >= 15 is 0 Å². The molecule has 1 rings (SSSR count). The summed E-state index contributed by atoms with van der Waals surface area (Å²) < 4.78 is 5.21. The summed E-state index contributed by atoms with van der Waals surface area (Å²) in [5, 5.41) is 9.02. The number of benzene rings is 1. The number of hydrogen-bond donors (Lipinski definition) is 3. The zero-order chi connectivity index (χ0) is 17.4. The van der Waals surface area contributed by atoms with Crippen LogP contribution < -0.4 is 20.7 Å². The topological polar surface area (TPSA) is 79.5 Å². The van der Waals surface area contributed by atoms with Crippen molar-refractivity contribution in [2.75, 3.05) is 32.6 Å². The lowest BCUT2D eigenvalue weighted by Gasteiger charge is -2.13. The van der Waals surface area contributed by atoms with E-state index in [0.29, 0.717) is 23.0 Å². The van der Waals surface area contributed by atoms with Crippen molar-refractivity contribution in [1.82, 2.24) is 10.6 Å². The van der Waals surface area contributed by atoms with E-state index in [1.165, 1.54) is 7.11 Å². The summed E-state index contributed by atoms with van der Waals surface area (Å²) >= 11 is 6.03. The zero-order valence-corrected chi connectivity index (χ0v) is 14.7. The third kappa shape index (κ3) is 6.08. The molecular weight excluding hydrogens is 318 g/mol. The predicted molar refractivity (Wildman–Crippen MR) is 92.1 cm³/mol. The van der Waals surface area contributed by atoms with Crippen molar-refractivity contribution in [2.45, 2.75) is 20.3 Å². The van der Waals surface area contributed by atoms with Crippen molar-refractivity contribution in [3.63, 3.8) is 0 Å². The van der Waals surface area contributed by atoms with Gasteiger partial charge in [-0.3, -0.25) is 9.59 Å². The van der Waals surface area contributed by atoms with Crippen LogP contribution in [0.3, 0.4) is 0 Å². The molecule has 0 saturated heterocycles. The van der Waals surface area contributed by atoms with E-state index in [0.717, 1.165) is 5.56 Å². The smallest absolute Gasteiger partial charge is 0.226 e. The molecule has 0 aliphatic carbocycles. The number of methoxy groups -OCH3 is 1. The van der Waals surface area contributed by atoms with Gasteiger partial charge in [-0.15, -0.1) is 0 Å². The van der Waals surface area contributed by atoms with E-state index in [-0.39, 0.29) is 30.7 Å². The van der Waals surface area contributed by atoms with Gasteiger partial charge in [-0.2, -0.15) is 0 Å². The molecule has 1 aromatic rings. The highest BCUT2D eigenvalue weighted by atomic mass is 35.5. The molecule has 2 amide bonds. The second kappa shape index (κ2) is 9.37. The van der Waals surface area contributed by atoms with Crippen LogP contribution in [0.2, 0.25) is 5.02 Å². The number of ether oxygens (including phenoxy) is 1. The van der Waals surface area contributed by atoms with Gasteiger partial charge in [0.15, 0.2) is 0 Å². The molecule has 128 valence electrons. The number of anilines is 1. The summed E-state index contributed by atoms with van der Waals surface area (Å²) in [4.78, 5) is 23.7. The first-order chi connectivity index (χ1) is 10.9. The SMILES string of the molecule is CNCC(C)C(=O)NCCC(=O)Nc1cc(C)c(Cl)cc1OC. The minimum Gasteiger partial charge on any atom is -0.495 e. The maximum atomic E-state index is 12.0. The fourth-order valence-electron chi connectivity index (χ4n) is 2.01. The molecule has 0 fully saturated rings. The molecule has 1 unspecified atom stereocenters. The predicted octanol–water partition coefficient (Wildman–Crippen LogP) is 1.96. The van der Waals surface area contributed by atoms with Crippen LogP contribution >= 0.6 is 11.6 Å². The molecule has 3 N–H and O–H groups in total. The fourth-order valence-corrected chi connectivity index (χ4v) is 2.17. The van der Waals surface area contributed by atoms with Crippen molar-refractivity contribution < 1.29 is 14.3 Å². The molecule has 1 atom stereocenters. The molecule has 0 saturated carbocycles. The van der Waals surface area contributed by atoms with Crippen molar-refractivity contribution in [3.8, 4) is 5.75 Å². The van der Waals surface area contributed by atoms with Crippen LogP contribution in [0.5, 0.6) is 5.75 Å². The minimum absolute atomic E-state index is 0.0768. The number of nitrogens with one attached hydrogen (secondary N) is 3. The molecule has 0 radical (unpaired) electrons. The van der Waals surface area contributed by atoms with Crippen LogP contribution in [-0.2, 0) is 9.59 Å². The molecule has 23 heavy (non-hydrogen) atoms. The lowest BCUT2D eigenvalue weighted by Crippen LogP contribution is -2.35. The molecule has 0 bridgehead atoms. The first-order valence-corrected chi connectivity index (χ1v) is 7.83. The van der Waals surface area contributed by atoms with Crippen LogP contribution in [0.4, 0.5) is 5.69 Å². The lowest BCUT2D eigenvalue weighted by atomic mass is 10.1. The standard InChI is InChI=1S/C16H24ClN3O3/c1-10-7-13(14(23-4)8-12(10)17)20-15(21)5-6-19-16(22)11(2)9-18-3/h7-8,11,18H,5-6,9H2,1-4H3,(H,19,22)(H,20,21). The van der Waals surface area contributed by atoms with Gasteiger partial charge in [0.05, 0.1) is 12.8 Å². The molecule has 7 heteroatoms. The first-order valence-electron chi connectivity index (χ1n) is 7.45. The number of amides is 2. The minimum atomic E-state index is -0.202. The van der Waals surface area contributed by atoms with Crippen molar-refractivity contribution in [3.05, 3.63) is 22.7 Å². The first kappa shape index (κ1) is 19.3. The number of carbonyl (C=O) groups excluding carboxylic acids is 2. The van der Waals surface area contributed by atoms with E-state index in [2.05, 4.69) is 16.0 Å². The van der Waals surface area contributed by atoms with Gasteiger partial charge in [-0.25, -0.2) is 0 Å². The van der Waals surface area contributed by atoms with Gasteiger partial charge in [0, 0.05) is 36.5 Å². The highest BCUT2D eigenvalue weighted by molar-refractivity contribution is 6.31. The normalized spacial score (nSPS) is 11.7. The van der Waals surface area contributed by atoms with Gasteiger partial charge in [-0.1, -0.05) is 18.5 Å². The van der Waals surface area contributed by atoms with Crippen LogP contribution in [-0.4, -0.2) is 39.1 Å². The summed E-state index contributed by atoms with van der Waals surface area (Å²) in [6.45, 7) is 4.56. The molecule has 0 aromatic heterocycles. The molecule has 0 heterocycles. The Labute approximate surface area is 141 Å². The Bertz CT molecular complexity index is 564. The highest BCUT2D eigenvalue weighted by Gasteiger charge is 2.13. The number of aryl methyl sites for hydroxylation is 1. The Morgan fingerprint density at radius 3 is 2.65 bits per heavy atom. The summed E-state index contributed by atoms with van der Waals surface area (Å²) in [6.07, 6.45) is 0.183. The monoisotopic (exact) mass is 341 g/mol. The maximum Gasteiger partial charge on any atom is 0.226 e. The Morgan fingerprint density at radius 1 is 1.35 bits per heavy atom. The molecule has 1 aromatic carbocycles. The van der Waals surface area contributed by atoms with Crippen LogP contribution in [0.25, 0.3) is 0 Å². The fraction of sp³-hybridized carbons (Fsp3) is 0.500. The third-order valence-corrected chi connectivity index (χ3v) is 3.77. The molecule has 0 aliphatic heterocycles. The maximum absolute atomic E-state index is 12.0. The van der Waals surface area contributed by atoms with Gasteiger partial charge in [-0.05, 0) is 25.6 Å². The van der Waals surface area contributed by atoms with Gasteiger partial charge >= 0.3 is 0 Å². The van der Waals surface area contributed by atoms with Crippen LogP contribution in [0.15, 0.2) is 12.1 Å². The van der Waals surface area contributed by atoms with E-state index in [4.69, 9.17) is 16.3 Å². The lowest BCUT2D eigenvalue weighted by molar-refractivity contribution is -0.124. The second-order valence-corrected chi connectivity index (χ2v) is 5.76. The van der Waals surface area contributed by atoms with Crippen LogP contribution in [0.1, 0.15) is 18.9 Å². The van der Waals surface area contributed by atoms with Gasteiger partial charge < -0.3 is 20.7 Å². The average molecular weight is 342 g/mol. The van der Waals surface area contributed by atoms with Gasteiger partial charge in [0.25, 0.3) is 0 Å².